The van der Waals surface area contributed by atoms with Crippen LogP contribution in [0, 0.1) is 6.92 Å². The van der Waals surface area contributed by atoms with Gasteiger partial charge in [-0.1, -0.05) is 0 Å². The molecule has 1 aromatic carbocycles. The normalized spacial score (nSPS) is 11.7. The lowest BCUT2D eigenvalue weighted by molar-refractivity contribution is 0.0699. The third-order valence-corrected chi connectivity index (χ3v) is 4.40. The zero-order valence-electron chi connectivity index (χ0n) is 11.5. The molecule has 0 amide bonds. The third kappa shape index (κ3) is 2.44. The Kier molecular flexibility index (Phi) is 3.18. The summed E-state index contributed by atoms with van der Waals surface area (Å²) in [4.78, 5) is 13.8. The molecule has 0 radical (unpaired) electrons. The minimum atomic E-state index is -3.82. The van der Waals surface area contributed by atoms with Crippen molar-refractivity contribution in [1.29, 1.82) is 0 Å². The van der Waals surface area contributed by atoms with E-state index in [0.717, 1.165) is 0 Å². The maximum atomic E-state index is 12.2. The number of aryl methyl sites for hydroxylation is 1. The zero-order chi connectivity index (χ0) is 15.9. The second kappa shape index (κ2) is 4.92. The van der Waals surface area contributed by atoms with Gasteiger partial charge in [0.05, 0.1) is 11.3 Å². The molecule has 3 rings (SSSR count). The summed E-state index contributed by atoms with van der Waals surface area (Å²) in [7, 11) is -3.82. The van der Waals surface area contributed by atoms with E-state index < -0.39 is 16.0 Å². The van der Waals surface area contributed by atoms with Gasteiger partial charge < -0.3 is 14.5 Å². The first-order valence-electron chi connectivity index (χ1n) is 6.30. The number of hydrogen-bond donors (Lipinski definition) is 3. The molecular weight excluding hydrogens is 308 g/mol. The molecule has 22 heavy (non-hydrogen) atoms. The van der Waals surface area contributed by atoms with Crippen LogP contribution in [-0.4, -0.2) is 24.5 Å². The highest BCUT2D eigenvalue weighted by atomic mass is 32.2. The number of furan rings is 1. The van der Waals surface area contributed by atoms with Crippen LogP contribution in [0.1, 0.15) is 16.1 Å². The number of carboxylic acid groups (broad SMARTS) is 1. The largest absolute Gasteiger partial charge is 0.478 e. The Morgan fingerprint density at radius 1 is 1.27 bits per heavy atom. The van der Waals surface area contributed by atoms with Gasteiger partial charge in [0.25, 0.3) is 10.0 Å². The van der Waals surface area contributed by atoms with Crippen molar-refractivity contribution in [3.05, 3.63) is 47.9 Å². The highest BCUT2D eigenvalue weighted by Crippen LogP contribution is 2.24. The Bertz CT molecular complexity index is 968. The molecule has 2 heterocycles. The number of nitrogens with one attached hydrogen (secondary N) is 2. The van der Waals surface area contributed by atoms with E-state index in [2.05, 4.69) is 9.71 Å². The lowest BCUT2D eigenvalue weighted by Gasteiger charge is -2.06. The molecule has 0 aliphatic heterocycles. The van der Waals surface area contributed by atoms with Gasteiger partial charge in [-0.15, -0.1) is 0 Å². The summed E-state index contributed by atoms with van der Waals surface area (Å²) in [5, 5.41) is 9.36. The van der Waals surface area contributed by atoms with Gasteiger partial charge in [0.15, 0.2) is 0 Å². The number of carboxylic acids is 1. The van der Waals surface area contributed by atoms with Gasteiger partial charge in [0.1, 0.15) is 5.76 Å². The highest BCUT2D eigenvalue weighted by molar-refractivity contribution is 7.92. The van der Waals surface area contributed by atoms with Crippen molar-refractivity contribution < 1.29 is 22.7 Å². The minimum Gasteiger partial charge on any atom is -0.478 e. The third-order valence-electron chi connectivity index (χ3n) is 3.14. The first-order valence-corrected chi connectivity index (χ1v) is 7.79. The van der Waals surface area contributed by atoms with Crippen molar-refractivity contribution in [1.82, 2.24) is 4.98 Å². The van der Waals surface area contributed by atoms with Gasteiger partial charge >= 0.3 is 5.97 Å². The molecule has 3 N–H and O–H groups in total. The van der Waals surface area contributed by atoms with Crippen molar-refractivity contribution in [2.24, 2.45) is 0 Å². The van der Waals surface area contributed by atoms with Crippen molar-refractivity contribution in [3.63, 3.8) is 0 Å². The summed E-state index contributed by atoms with van der Waals surface area (Å²) >= 11 is 0. The Balaban J connectivity index is 1.96. The summed E-state index contributed by atoms with van der Waals surface area (Å²) in [5.41, 5.74) is 0.958. The molecular formula is C14H12N2O5S. The molecule has 0 saturated carbocycles. The maximum Gasteiger partial charge on any atom is 0.337 e. The smallest absolute Gasteiger partial charge is 0.337 e. The van der Waals surface area contributed by atoms with Gasteiger partial charge in [0, 0.05) is 17.1 Å². The number of aromatic carboxylic acids is 1. The van der Waals surface area contributed by atoms with Gasteiger partial charge in [-0.2, -0.15) is 8.42 Å². The quantitative estimate of drug-likeness (QED) is 0.684. The van der Waals surface area contributed by atoms with Crippen LogP contribution in [0.15, 0.2) is 46.0 Å². The molecule has 0 bridgehead atoms. The number of rotatable bonds is 4. The molecule has 7 nitrogen and oxygen atoms in total. The number of hydrogen-bond acceptors (Lipinski definition) is 4. The summed E-state index contributed by atoms with van der Waals surface area (Å²) in [5.74, 6) is -0.558. The molecule has 114 valence electrons. The first-order chi connectivity index (χ1) is 10.4. The monoisotopic (exact) mass is 320 g/mol. The average Bonchev–Trinajstić information content (AvgIpc) is 3.04. The molecule has 2 aromatic heterocycles. The number of fused-ring (bicyclic) bond motifs is 1. The zero-order valence-corrected chi connectivity index (χ0v) is 12.3. The number of aromatic amines is 1. The van der Waals surface area contributed by atoms with Crippen molar-refractivity contribution in [3.8, 4) is 0 Å². The van der Waals surface area contributed by atoms with Crippen LogP contribution < -0.4 is 4.72 Å². The van der Waals surface area contributed by atoms with Gasteiger partial charge in [-0.25, -0.2) is 4.79 Å². The second-order valence-corrected chi connectivity index (χ2v) is 6.35. The number of anilines is 1. The average molecular weight is 320 g/mol. The summed E-state index contributed by atoms with van der Waals surface area (Å²) in [6, 6.07) is 7.49. The summed E-state index contributed by atoms with van der Waals surface area (Å²) in [6.07, 6.45) is 1.36. The molecule has 0 fully saturated rings. The molecule has 3 aromatic rings. The topological polar surface area (TPSA) is 112 Å². The van der Waals surface area contributed by atoms with E-state index in [9.17, 15) is 13.2 Å². The van der Waals surface area contributed by atoms with Crippen LogP contribution in [0.2, 0.25) is 0 Å². The predicted molar refractivity (Wildman–Crippen MR) is 79.5 cm³/mol. The Labute approximate surface area is 125 Å². The van der Waals surface area contributed by atoms with E-state index in [0.29, 0.717) is 22.4 Å². The van der Waals surface area contributed by atoms with Crippen LogP contribution in [0.3, 0.4) is 0 Å². The summed E-state index contributed by atoms with van der Waals surface area (Å²) in [6.45, 7) is 1.65. The fraction of sp³-hybridized carbons (Fsp3) is 0.0714. The van der Waals surface area contributed by atoms with E-state index in [1.165, 1.54) is 24.4 Å². The standard InChI is InChI=1S/C14H12N2O5S/c1-8-2-5-13(21-8)22(19,20)16-9-3-4-10-11(14(17)18)7-15-12(10)6-9/h2-7,15-16H,1H3,(H,17,18). The molecule has 0 unspecified atom stereocenters. The number of sulfonamides is 1. The molecule has 0 saturated heterocycles. The van der Waals surface area contributed by atoms with Crippen LogP contribution in [0.4, 0.5) is 5.69 Å². The van der Waals surface area contributed by atoms with E-state index in [4.69, 9.17) is 9.52 Å². The van der Waals surface area contributed by atoms with Gasteiger partial charge in [-0.3, -0.25) is 4.72 Å². The fourth-order valence-electron chi connectivity index (χ4n) is 2.13. The Hall–Kier alpha value is -2.74. The van der Waals surface area contributed by atoms with Crippen LogP contribution >= 0.6 is 0 Å². The summed E-state index contributed by atoms with van der Waals surface area (Å²) < 4.78 is 31.8. The Morgan fingerprint density at radius 2 is 2.05 bits per heavy atom. The molecule has 0 atom stereocenters. The predicted octanol–water partition coefficient (Wildman–Crippen LogP) is 2.57. The lowest BCUT2D eigenvalue weighted by atomic mass is 10.1. The maximum absolute atomic E-state index is 12.2. The number of aromatic nitrogens is 1. The number of benzene rings is 1. The van der Waals surface area contributed by atoms with Crippen molar-refractivity contribution >= 4 is 32.6 Å². The van der Waals surface area contributed by atoms with Crippen molar-refractivity contribution in [2.45, 2.75) is 12.0 Å². The second-order valence-electron chi connectivity index (χ2n) is 4.74. The van der Waals surface area contributed by atoms with E-state index >= 15 is 0 Å². The van der Waals surface area contributed by atoms with E-state index in [1.54, 1.807) is 19.1 Å². The fourth-order valence-corrected chi connectivity index (χ4v) is 3.15. The van der Waals surface area contributed by atoms with Gasteiger partial charge in [-0.05, 0) is 37.3 Å². The highest BCUT2D eigenvalue weighted by Gasteiger charge is 2.19. The number of H-pyrrole nitrogens is 1. The van der Waals surface area contributed by atoms with Crippen LogP contribution in [0.25, 0.3) is 10.9 Å². The molecule has 0 aliphatic rings. The minimum absolute atomic E-state index is 0.131. The molecule has 0 spiro atoms. The van der Waals surface area contributed by atoms with E-state index in [-0.39, 0.29) is 10.7 Å². The molecule has 0 aliphatic carbocycles. The first kappa shape index (κ1) is 14.2. The van der Waals surface area contributed by atoms with Crippen LogP contribution in [0.5, 0.6) is 0 Å². The van der Waals surface area contributed by atoms with Gasteiger partial charge in [0.2, 0.25) is 5.09 Å². The SMILES string of the molecule is Cc1ccc(S(=O)(=O)Nc2ccc3c(C(=O)O)c[nH]c3c2)o1. The van der Waals surface area contributed by atoms with Crippen molar-refractivity contribution in [2.75, 3.05) is 4.72 Å². The van der Waals surface area contributed by atoms with E-state index in [1.807, 2.05) is 0 Å². The Morgan fingerprint density at radius 3 is 2.68 bits per heavy atom. The lowest BCUT2D eigenvalue weighted by Crippen LogP contribution is -2.12. The number of carbonyl (C=O) groups is 1. The molecule has 8 heteroatoms. The van der Waals surface area contributed by atoms with Crippen LogP contribution in [-0.2, 0) is 10.0 Å².